The average molecular weight is 510 g/mol. The standard InChI is InChI=1S/C24H17Cl2N5O2S/c1-13(15-4-2-3-5-16(15)25)33-20-11-21(34-22(20)23(27)32)31-12-29-18-10-14(6-7-19(18)31)17-8-9-28-24(26)30-17/h2-13H,1H3,(H2,27,32). The Balaban J connectivity index is 1.51. The van der Waals surface area contributed by atoms with Gasteiger partial charge in [-0.25, -0.2) is 15.0 Å². The van der Waals surface area contributed by atoms with Crippen LogP contribution in [0.15, 0.2) is 67.1 Å². The summed E-state index contributed by atoms with van der Waals surface area (Å²) in [7, 11) is 0. The molecule has 1 amide bonds. The Morgan fingerprint density at radius 3 is 2.71 bits per heavy atom. The van der Waals surface area contributed by atoms with Crippen LogP contribution in [0.5, 0.6) is 5.75 Å². The van der Waals surface area contributed by atoms with Crippen molar-refractivity contribution in [3.63, 3.8) is 0 Å². The van der Waals surface area contributed by atoms with Crippen LogP contribution >= 0.6 is 34.5 Å². The zero-order chi connectivity index (χ0) is 23.8. The van der Waals surface area contributed by atoms with Crippen LogP contribution in [0.2, 0.25) is 10.3 Å². The monoisotopic (exact) mass is 509 g/mol. The van der Waals surface area contributed by atoms with E-state index in [1.54, 1.807) is 30.7 Å². The normalized spacial score (nSPS) is 12.1. The van der Waals surface area contributed by atoms with Crippen molar-refractivity contribution in [2.45, 2.75) is 13.0 Å². The molecule has 7 nitrogen and oxygen atoms in total. The lowest BCUT2D eigenvalue weighted by Crippen LogP contribution is -2.12. The van der Waals surface area contributed by atoms with Gasteiger partial charge in [-0.15, -0.1) is 11.3 Å². The topological polar surface area (TPSA) is 95.9 Å². The molecule has 0 aliphatic carbocycles. The average Bonchev–Trinajstić information content (AvgIpc) is 3.43. The number of halogens is 2. The van der Waals surface area contributed by atoms with Crippen LogP contribution < -0.4 is 10.5 Å². The maximum atomic E-state index is 12.2. The van der Waals surface area contributed by atoms with Gasteiger partial charge in [-0.2, -0.15) is 0 Å². The quantitative estimate of drug-likeness (QED) is 0.279. The first kappa shape index (κ1) is 22.3. The Bertz CT molecular complexity index is 1530. The molecule has 0 aliphatic heterocycles. The molecule has 5 rings (SSSR count). The summed E-state index contributed by atoms with van der Waals surface area (Å²) >= 11 is 13.5. The van der Waals surface area contributed by atoms with E-state index in [2.05, 4.69) is 15.0 Å². The minimum atomic E-state index is -0.565. The number of carbonyl (C=O) groups excluding carboxylic acids is 1. The Morgan fingerprint density at radius 2 is 1.94 bits per heavy atom. The largest absolute Gasteiger partial charge is 0.484 e. The molecular weight excluding hydrogens is 493 g/mol. The number of aromatic nitrogens is 4. The molecule has 0 bridgehead atoms. The molecule has 0 saturated carbocycles. The van der Waals surface area contributed by atoms with Crippen molar-refractivity contribution in [3.05, 3.63) is 87.9 Å². The van der Waals surface area contributed by atoms with Crippen molar-refractivity contribution in [1.82, 2.24) is 19.5 Å². The van der Waals surface area contributed by atoms with E-state index in [0.29, 0.717) is 21.3 Å². The number of hydrogen-bond acceptors (Lipinski definition) is 6. The van der Waals surface area contributed by atoms with E-state index in [9.17, 15) is 4.79 Å². The van der Waals surface area contributed by atoms with Gasteiger partial charge >= 0.3 is 0 Å². The number of hydrogen-bond donors (Lipinski definition) is 1. The van der Waals surface area contributed by atoms with Gasteiger partial charge in [0.15, 0.2) is 0 Å². The van der Waals surface area contributed by atoms with Gasteiger partial charge in [0.05, 0.1) is 16.7 Å². The summed E-state index contributed by atoms with van der Waals surface area (Å²) in [6, 6.07) is 16.8. The minimum Gasteiger partial charge on any atom is -0.484 e. The first-order chi connectivity index (χ1) is 16.4. The van der Waals surface area contributed by atoms with Crippen molar-refractivity contribution in [2.75, 3.05) is 0 Å². The Hall–Kier alpha value is -3.46. The second-order valence-corrected chi connectivity index (χ2v) is 9.23. The summed E-state index contributed by atoms with van der Waals surface area (Å²) in [6.45, 7) is 1.87. The van der Waals surface area contributed by atoms with Crippen molar-refractivity contribution in [2.24, 2.45) is 5.73 Å². The smallest absolute Gasteiger partial charge is 0.262 e. The fourth-order valence-corrected chi connectivity index (χ4v) is 5.01. The molecule has 0 aliphatic rings. The van der Waals surface area contributed by atoms with Gasteiger partial charge in [0, 0.05) is 28.4 Å². The molecule has 1 unspecified atom stereocenters. The van der Waals surface area contributed by atoms with Gasteiger partial charge < -0.3 is 10.5 Å². The van der Waals surface area contributed by atoms with E-state index in [1.807, 2.05) is 47.9 Å². The minimum absolute atomic E-state index is 0.180. The Labute approximate surface area is 208 Å². The number of nitrogens with two attached hydrogens (primary N) is 1. The molecular formula is C24H17Cl2N5O2S. The third-order valence-electron chi connectivity index (χ3n) is 5.26. The van der Waals surface area contributed by atoms with Crippen molar-refractivity contribution in [1.29, 1.82) is 0 Å². The molecule has 0 fully saturated rings. The van der Waals surface area contributed by atoms with E-state index in [4.69, 9.17) is 33.7 Å². The molecule has 1 atom stereocenters. The summed E-state index contributed by atoms with van der Waals surface area (Å²) < 4.78 is 8.00. The van der Waals surface area contributed by atoms with Gasteiger partial charge in [-0.05, 0) is 42.8 Å². The van der Waals surface area contributed by atoms with Gasteiger partial charge in [0.1, 0.15) is 28.1 Å². The summed E-state index contributed by atoms with van der Waals surface area (Å²) in [6.07, 6.45) is 2.92. The fraction of sp³-hybridized carbons (Fsp3) is 0.0833. The second kappa shape index (κ2) is 9.06. The van der Waals surface area contributed by atoms with Gasteiger partial charge in [0.25, 0.3) is 5.91 Å². The van der Waals surface area contributed by atoms with E-state index < -0.39 is 5.91 Å². The van der Waals surface area contributed by atoms with Gasteiger partial charge in [0.2, 0.25) is 5.28 Å². The number of carbonyl (C=O) groups is 1. The zero-order valence-corrected chi connectivity index (χ0v) is 20.1. The number of thiophene rings is 1. The zero-order valence-electron chi connectivity index (χ0n) is 17.8. The number of amides is 1. The molecule has 170 valence electrons. The highest BCUT2D eigenvalue weighted by atomic mass is 35.5. The number of primary amides is 1. The lowest BCUT2D eigenvalue weighted by Gasteiger charge is -2.16. The van der Waals surface area contributed by atoms with Crippen molar-refractivity contribution >= 4 is 51.5 Å². The molecule has 34 heavy (non-hydrogen) atoms. The number of rotatable bonds is 6. The molecule has 0 saturated heterocycles. The lowest BCUT2D eigenvalue weighted by molar-refractivity contribution is 0.0998. The van der Waals surface area contributed by atoms with Crippen LogP contribution in [0.1, 0.15) is 28.3 Å². The van der Waals surface area contributed by atoms with E-state index in [-0.39, 0.29) is 11.4 Å². The molecule has 0 spiro atoms. The van der Waals surface area contributed by atoms with Crippen LogP contribution in [-0.4, -0.2) is 25.4 Å². The summed E-state index contributed by atoms with van der Waals surface area (Å²) in [5, 5.41) is 1.52. The number of fused-ring (bicyclic) bond motifs is 1. The number of nitrogens with zero attached hydrogens (tertiary/aromatic N) is 4. The second-order valence-electron chi connectivity index (χ2n) is 7.45. The number of imidazole rings is 1. The number of benzene rings is 2. The highest BCUT2D eigenvalue weighted by Gasteiger charge is 2.21. The third kappa shape index (κ3) is 4.23. The van der Waals surface area contributed by atoms with E-state index in [0.717, 1.165) is 27.2 Å². The van der Waals surface area contributed by atoms with Crippen molar-refractivity contribution in [3.8, 4) is 22.0 Å². The lowest BCUT2D eigenvalue weighted by atomic mass is 10.1. The van der Waals surface area contributed by atoms with Gasteiger partial charge in [-0.3, -0.25) is 9.36 Å². The Kier molecular flexibility index (Phi) is 5.95. The van der Waals surface area contributed by atoms with Crippen LogP contribution in [0.3, 0.4) is 0 Å². The van der Waals surface area contributed by atoms with Gasteiger partial charge in [-0.1, -0.05) is 35.9 Å². The molecule has 3 aromatic heterocycles. The van der Waals surface area contributed by atoms with E-state index >= 15 is 0 Å². The molecule has 0 radical (unpaired) electrons. The summed E-state index contributed by atoms with van der Waals surface area (Å²) in [5.41, 5.74) is 9.65. The van der Waals surface area contributed by atoms with Crippen LogP contribution in [0.25, 0.3) is 27.3 Å². The maximum Gasteiger partial charge on any atom is 0.262 e. The summed E-state index contributed by atoms with van der Waals surface area (Å²) in [4.78, 5) is 25.2. The highest BCUT2D eigenvalue weighted by Crippen LogP contribution is 2.37. The van der Waals surface area contributed by atoms with Crippen LogP contribution in [0.4, 0.5) is 0 Å². The molecule has 3 heterocycles. The summed E-state index contributed by atoms with van der Waals surface area (Å²) in [5.74, 6) is -0.168. The molecule has 2 N–H and O–H groups in total. The molecule has 10 heteroatoms. The first-order valence-corrected chi connectivity index (χ1v) is 11.8. The number of ether oxygens (including phenoxy) is 1. The third-order valence-corrected chi connectivity index (χ3v) is 6.92. The SMILES string of the molecule is CC(Oc1cc(-n2cnc3cc(-c4ccnc(Cl)n4)ccc32)sc1C(N)=O)c1ccccc1Cl. The van der Waals surface area contributed by atoms with E-state index in [1.165, 1.54) is 11.3 Å². The molecule has 2 aromatic carbocycles. The van der Waals surface area contributed by atoms with Crippen LogP contribution in [-0.2, 0) is 0 Å². The maximum absolute atomic E-state index is 12.2. The van der Waals surface area contributed by atoms with Crippen molar-refractivity contribution < 1.29 is 9.53 Å². The predicted molar refractivity (Wildman–Crippen MR) is 134 cm³/mol. The molecule has 5 aromatic rings. The fourth-order valence-electron chi connectivity index (χ4n) is 3.64. The Morgan fingerprint density at radius 1 is 1.12 bits per heavy atom. The predicted octanol–water partition coefficient (Wildman–Crippen LogP) is 6.09. The first-order valence-electron chi connectivity index (χ1n) is 10.2. The highest BCUT2D eigenvalue weighted by molar-refractivity contribution is 7.16. The van der Waals surface area contributed by atoms with Crippen LogP contribution in [0, 0.1) is 0 Å².